The van der Waals surface area contributed by atoms with Crippen molar-refractivity contribution in [3.05, 3.63) is 39.5 Å². The molecule has 1 aromatic carbocycles. The Labute approximate surface area is 191 Å². The van der Waals surface area contributed by atoms with Crippen LogP contribution in [0.25, 0.3) is 21.0 Å². The number of para-hydroxylation sites is 1. The van der Waals surface area contributed by atoms with Crippen molar-refractivity contribution in [1.29, 1.82) is 0 Å². The van der Waals surface area contributed by atoms with Gasteiger partial charge in [0.05, 0.1) is 30.5 Å². The molecule has 3 heterocycles. The number of rotatable bonds is 9. The van der Waals surface area contributed by atoms with Gasteiger partial charge >= 0.3 is 0 Å². The van der Waals surface area contributed by atoms with Crippen molar-refractivity contribution in [2.45, 2.75) is 32.7 Å². The van der Waals surface area contributed by atoms with Crippen LogP contribution in [0.2, 0.25) is 0 Å². The summed E-state index contributed by atoms with van der Waals surface area (Å²) >= 11 is 1.34. The number of carbonyl (C=O) groups excluding carboxylic acids is 1. The Balaban J connectivity index is 1.62. The molecule has 0 bridgehead atoms. The number of morpholine rings is 1. The number of nitrogens with zero attached hydrogens (tertiary/aromatic N) is 2. The largest absolute Gasteiger partial charge is 0.494 e. The van der Waals surface area contributed by atoms with E-state index in [4.69, 9.17) is 9.47 Å². The topological polar surface area (TPSA) is 72.8 Å². The predicted molar refractivity (Wildman–Crippen MR) is 129 cm³/mol. The molecule has 0 atom stereocenters. The third-order valence-corrected chi connectivity index (χ3v) is 7.15. The van der Waals surface area contributed by atoms with Crippen LogP contribution in [0.1, 0.15) is 35.9 Å². The number of aromatic nitrogens is 1. The maximum atomic E-state index is 13.4. The molecule has 3 aromatic rings. The van der Waals surface area contributed by atoms with E-state index in [0.29, 0.717) is 29.1 Å². The highest BCUT2D eigenvalue weighted by Crippen LogP contribution is 2.39. The van der Waals surface area contributed by atoms with Crippen molar-refractivity contribution in [3.63, 3.8) is 0 Å². The number of hydrogen-bond donors (Lipinski definition) is 1. The number of thiophene rings is 1. The monoisotopic (exact) mass is 457 g/mol. The molecule has 8 heteroatoms. The zero-order valence-corrected chi connectivity index (χ0v) is 19.6. The van der Waals surface area contributed by atoms with Gasteiger partial charge in [0.15, 0.2) is 5.75 Å². The molecule has 1 aliphatic rings. The van der Waals surface area contributed by atoms with E-state index < -0.39 is 0 Å². The summed E-state index contributed by atoms with van der Waals surface area (Å²) in [5.41, 5.74) is 0.812. The Morgan fingerprint density at radius 3 is 2.72 bits per heavy atom. The van der Waals surface area contributed by atoms with Crippen LogP contribution in [0.5, 0.6) is 5.75 Å². The highest BCUT2D eigenvalue weighted by atomic mass is 32.1. The van der Waals surface area contributed by atoms with Gasteiger partial charge in [-0.3, -0.25) is 14.5 Å². The Hall–Kier alpha value is -2.42. The number of hydrogen-bond acceptors (Lipinski definition) is 6. The molecule has 0 spiro atoms. The highest BCUT2D eigenvalue weighted by Gasteiger charge is 2.24. The zero-order chi connectivity index (χ0) is 22.5. The summed E-state index contributed by atoms with van der Waals surface area (Å²) in [6.45, 7) is 7.69. The fourth-order valence-electron chi connectivity index (χ4n) is 4.24. The highest BCUT2D eigenvalue weighted by molar-refractivity contribution is 7.22. The van der Waals surface area contributed by atoms with Gasteiger partial charge in [0.1, 0.15) is 10.3 Å². The number of carbonyl (C=O) groups is 1. The molecule has 1 aliphatic heterocycles. The van der Waals surface area contributed by atoms with Gasteiger partial charge in [0, 0.05) is 31.6 Å². The number of amides is 1. The van der Waals surface area contributed by atoms with Gasteiger partial charge in [0.25, 0.3) is 11.5 Å². The third-order valence-electron chi connectivity index (χ3n) is 5.95. The Kier molecular flexibility index (Phi) is 7.44. The quantitative estimate of drug-likeness (QED) is 0.498. The second kappa shape index (κ2) is 10.5. The number of nitrogens with one attached hydrogen (secondary N) is 1. The molecular weight excluding hydrogens is 426 g/mol. The molecule has 7 nitrogen and oxygen atoms in total. The lowest BCUT2D eigenvalue weighted by Gasteiger charge is -2.26. The van der Waals surface area contributed by atoms with Crippen molar-refractivity contribution in [3.8, 4) is 5.75 Å². The van der Waals surface area contributed by atoms with E-state index in [1.807, 2.05) is 28.8 Å². The molecule has 0 radical (unpaired) electrons. The van der Waals surface area contributed by atoms with Gasteiger partial charge < -0.3 is 19.4 Å². The number of unbranched alkanes of at least 4 members (excludes halogenated alkanes) is 1. The molecule has 1 amide bonds. The van der Waals surface area contributed by atoms with Crippen LogP contribution < -0.4 is 15.6 Å². The van der Waals surface area contributed by atoms with Gasteiger partial charge in [-0.25, -0.2) is 0 Å². The molecule has 1 N–H and O–H groups in total. The van der Waals surface area contributed by atoms with E-state index in [9.17, 15) is 9.59 Å². The molecule has 1 fully saturated rings. The minimum absolute atomic E-state index is 0.0911. The standard InChI is InChI=1S/C24H31N3O4S/c1-3-4-12-27-18-9-6-5-8-17(18)21-19(24(27)29)20(30-2)22(32-21)23(28)25-10-7-11-26-13-15-31-16-14-26/h5-6,8-9H,3-4,7,10-16H2,1-2H3,(H,25,28). The van der Waals surface area contributed by atoms with E-state index in [1.54, 1.807) is 0 Å². The maximum absolute atomic E-state index is 13.4. The first kappa shape index (κ1) is 22.8. The van der Waals surface area contributed by atoms with Crippen molar-refractivity contribution in [2.75, 3.05) is 46.5 Å². The number of benzene rings is 1. The second-order valence-corrected chi connectivity index (χ2v) is 9.08. The minimum Gasteiger partial charge on any atom is -0.494 e. The Morgan fingerprint density at radius 1 is 1.19 bits per heavy atom. The molecule has 0 saturated carbocycles. The molecule has 0 aliphatic carbocycles. The van der Waals surface area contributed by atoms with Crippen molar-refractivity contribution < 1.29 is 14.3 Å². The van der Waals surface area contributed by atoms with Gasteiger partial charge in [-0.15, -0.1) is 11.3 Å². The van der Waals surface area contributed by atoms with Gasteiger partial charge in [-0.05, 0) is 25.5 Å². The first-order chi connectivity index (χ1) is 15.7. The second-order valence-electron chi connectivity index (χ2n) is 8.06. The van der Waals surface area contributed by atoms with Crippen LogP contribution in [0.4, 0.5) is 0 Å². The maximum Gasteiger partial charge on any atom is 0.265 e. The van der Waals surface area contributed by atoms with Gasteiger partial charge in [-0.2, -0.15) is 0 Å². The summed E-state index contributed by atoms with van der Waals surface area (Å²) in [6.07, 6.45) is 2.78. The summed E-state index contributed by atoms with van der Waals surface area (Å²) in [4.78, 5) is 29.3. The van der Waals surface area contributed by atoms with Crippen LogP contribution >= 0.6 is 11.3 Å². The lowest BCUT2D eigenvalue weighted by atomic mass is 10.1. The lowest BCUT2D eigenvalue weighted by molar-refractivity contribution is 0.0374. The van der Waals surface area contributed by atoms with E-state index >= 15 is 0 Å². The van der Waals surface area contributed by atoms with E-state index in [2.05, 4.69) is 17.1 Å². The molecule has 32 heavy (non-hydrogen) atoms. The molecule has 172 valence electrons. The first-order valence-corrected chi connectivity index (χ1v) is 12.2. The lowest BCUT2D eigenvalue weighted by Crippen LogP contribution is -2.38. The van der Waals surface area contributed by atoms with Crippen LogP contribution in [0.15, 0.2) is 29.1 Å². The SMILES string of the molecule is CCCCn1c(=O)c2c(OC)c(C(=O)NCCCN3CCOCC3)sc2c2ccccc21. The molecule has 0 unspecified atom stereocenters. The first-order valence-electron chi connectivity index (χ1n) is 11.4. The van der Waals surface area contributed by atoms with Crippen LogP contribution in [-0.4, -0.2) is 61.9 Å². The average Bonchev–Trinajstić information content (AvgIpc) is 3.23. The minimum atomic E-state index is -0.186. The number of aryl methyl sites for hydroxylation is 1. The van der Waals surface area contributed by atoms with Crippen molar-refractivity contribution in [2.24, 2.45) is 0 Å². The Bertz CT molecular complexity index is 1150. The average molecular weight is 458 g/mol. The normalized spacial score (nSPS) is 14.8. The fraction of sp³-hybridized carbons (Fsp3) is 0.500. The van der Waals surface area contributed by atoms with Crippen LogP contribution in [0, 0.1) is 0 Å². The fourth-order valence-corrected chi connectivity index (χ4v) is 5.45. The molecule has 4 rings (SSSR count). The molecule has 2 aromatic heterocycles. The summed E-state index contributed by atoms with van der Waals surface area (Å²) in [5.74, 6) is 0.199. The third kappa shape index (κ3) is 4.53. The van der Waals surface area contributed by atoms with Gasteiger partial charge in [-0.1, -0.05) is 31.5 Å². The zero-order valence-electron chi connectivity index (χ0n) is 18.8. The number of pyridine rings is 1. The smallest absolute Gasteiger partial charge is 0.265 e. The molecular formula is C24H31N3O4S. The number of fused-ring (bicyclic) bond motifs is 3. The van der Waals surface area contributed by atoms with Crippen molar-refractivity contribution in [1.82, 2.24) is 14.8 Å². The van der Waals surface area contributed by atoms with E-state index in [1.165, 1.54) is 18.4 Å². The summed E-state index contributed by atoms with van der Waals surface area (Å²) in [6, 6.07) is 7.90. The Morgan fingerprint density at radius 2 is 1.97 bits per heavy atom. The van der Waals surface area contributed by atoms with Crippen molar-refractivity contribution >= 4 is 38.2 Å². The van der Waals surface area contributed by atoms with Gasteiger partial charge in [0.2, 0.25) is 0 Å². The van der Waals surface area contributed by atoms with E-state index in [-0.39, 0.29) is 11.5 Å². The molecule has 1 saturated heterocycles. The number of ether oxygens (including phenoxy) is 2. The van der Waals surface area contributed by atoms with Crippen LogP contribution in [-0.2, 0) is 11.3 Å². The number of methoxy groups -OCH3 is 1. The van der Waals surface area contributed by atoms with E-state index in [0.717, 1.165) is 67.7 Å². The summed E-state index contributed by atoms with van der Waals surface area (Å²) < 4.78 is 13.6. The summed E-state index contributed by atoms with van der Waals surface area (Å²) in [5, 5.41) is 4.50. The predicted octanol–water partition coefficient (Wildman–Crippen LogP) is 3.48. The summed E-state index contributed by atoms with van der Waals surface area (Å²) in [7, 11) is 1.53. The van der Waals surface area contributed by atoms with Crippen LogP contribution in [0.3, 0.4) is 0 Å².